The highest BCUT2D eigenvalue weighted by Crippen LogP contribution is 2.33. The number of nitrogens with one attached hydrogen (secondary N) is 2. The van der Waals surface area contributed by atoms with E-state index in [2.05, 4.69) is 10.6 Å². The van der Waals surface area contributed by atoms with Gasteiger partial charge in [0.05, 0.1) is 9.95 Å². The molecule has 0 saturated carbocycles. The largest absolute Gasteiger partial charge is 0.379 e. The molecule has 1 aromatic rings. The van der Waals surface area contributed by atoms with Gasteiger partial charge in [-0.05, 0) is 19.2 Å². The van der Waals surface area contributed by atoms with E-state index in [9.17, 15) is 14.9 Å². The molecule has 1 atom stereocenters. The highest BCUT2D eigenvalue weighted by molar-refractivity contribution is 7.99. The molecular weight excluding hydrogens is 314 g/mol. The maximum absolute atomic E-state index is 12.0. The van der Waals surface area contributed by atoms with E-state index in [1.54, 1.807) is 11.8 Å². The Balaban J connectivity index is 3.04. The number of anilines is 1. The summed E-state index contributed by atoms with van der Waals surface area (Å²) >= 11 is 7.66. The summed E-state index contributed by atoms with van der Waals surface area (Å²) < 4.78 is 0. The fraction of sp³-hybridized carbons (Fsp3) is 0.462. The molecule has 1 rings (SSSR count). The molecule has 1 amide bonds. The number of rotatable bonds is 7. The van der Waals surface area contributed by atoms with Crippen molar-refractivity contribution in [3.8, 4) is 0 Å². The quantitative estimate of drug-likeness (QED) is 0.592. The molecule has 0 aromatic heterocycles. The van der Waals surface area contributed by atoms with Gasteiger partial charge in [-0.2, -0.15) is 11.8 Å². The van der Waals surface area contributed by atoms with Crippen LogP contribution in [0.4, 0.5) is 11.4 Å². The summed E-state index contributed by atoms with van der Waals surface area (Å²) in [7, 11) is 0. The number of hydrogen-bond acceptors (Lipinski definition) is 5. The Bertz CT molecular complexity index is 540. The van der Waals surface area contributed by atoms with Crippen LogP contribution in [0.15, 0.2) is 12.1 Å². The van der Waals surface area contributed by atoms with Crippen LogP contribution < -0.4 is 10.6 Å². The van der Waals surface area contributed by atoms with E-state index in [0.717, 1.165) is 0 Å². The molecule has 8 heteroatoms. The number of nitrogens with zero attached hydrogens (tertiary/aromatic N) is 1. The molecular formula is C13H18ClN3O3S. The van der Waals surface area contributed by atoms with Gasteiger partial charge in [0.2, 0.25) is 0 Å². The second kappa shape index (κ2) is 8.09. The Morgan fingerprint density at radius 3 is 2.71 bits per heavy atom. The van der Waals surface area contributed by atoms with Crippen LogP contribution >= 0.6 is 23.4 Å². The minimum absolute atomic E-state index is 0.161. The topological polar surface area (TPSA) is 84.3 Å². The van der Waals surface area contributed by atoms with E-state index in [1.807, 2.05) is 20.1 Å². The maximum Gasteiger partial charge on any atom is 0.294 e. The molecule has 6 nitrogen and oxygen atoms in total. The van der Waals surface area contributed by atoms with Crippen LogP contribution in [-0.4, -0.2) is 35.4 Å². The number of carbonyl (C=O) groups excluding carboxylic acids is 1. The lowest BCUT2D eigenvalue weighted by Gasteiger charge is -2.12. The Morgan fingerprint density at radius 1 is 1.52 bits per heavy atom. The zero-order chi connectivity index (χ0) is 16.0. The average Bonchev–Trinajstić information content (AvgIpc) is 2.45. The smallest absolute Gasteiger partial charge is 0.294 e. The minimum atomic E-state index is -0.550. The minimum Gasteiger partial charge on any atom is -0.379 e. The fourth-order valence-electron chi connectivity index (χ4n) is 1.64. The standard InChI is InChI=1S/C13H18ClN3O3S/c1-4-15-12-10(14)5-9(6-11(12)17(19)20)13(18)16-7-8(2)21-3/h5-6,8,15H,4,7H2,1-3H3,(H,16,18). The third kappa shape index (κ3) is 4.78. The van der Waals surface area contributed by atoms with Gasteiger partial charge in [0.1, 0.15) is 5.69 Å². The van der Waals surface area contributed by atoms with Gasteiger partial charge in [-0.25, -0.2) is 0 Å². The number of thioether (sulfide) groups is 1. The highest BCUT2D eigenvalue weighted by atomic mass is 35.5. The van der Waals surface area contributed by atoms with Crippen molar-refractivity contribution < 1.29 is 9.72 Å². The molecule has 0 aliphatic carbocycles. The van der Waals surface area contributed by atoms with Crippen molar-refractivity contribution >= 4 is 40.6 Å². The molecule has 0 spiro atoms. The Hall–Kier alpha value is -1.47. The van der Waals surface area contributed by atoms with Crippen molar-refractivity contribution in [2.45, 2.75) is 19.1 Å². The maximum atomic E-state index is 12.0. The van der Waals surface area contributed by atoms with Crippen LogP contribution in [0.1, 0.15) is 24.2 Å². The predicted octanol–water partition coefficient (Wildman–Crippen LogP) is 3.16. The third-order valence-corrected chi connectivity index (χ3v) is 4.10. The Kier molecular flexibility index (Phi) is 6.77. The molecule has 0 heterocycles. The van der Waals surface area contributed by atoms with E-state index in [1.165, 1.54) is 12.1 Å². The lowest BCUT2D eigenvalue weighted by Crippen LogP contribution is -2.29. The molecule has 2 N–H and O–H groups in total. The first-order chi connectivity index (χ1) is 9.90. The van der Waals surface area contributed by atoms with E-state index in [-0.39, 0.29) is 33.1 Å². The van der Waals surface area contributed by atoms with Gasteiger partial charge in [0, 0.05) is 30.0 Å². The Labute approximate surface area is 132 Å². The lowest BCUT2D eigenvalue weighted by atomic mass is 10.1. The van der Waals surface area contributed by atoms with Crippen LogP contribution in [0.3, 0.4) is 0 Å². The summed E-state index contributed by atoms with van der Waals surface area (Å²) in [5.74, 6) is -0.371. The van der Waals surface area contributed by atoms with Crippen LogP contribution in [0.2, 0.25) is 5.02 Å². The van der Waals surface area contributed by atoms with Gasteiger partial charge < -0.3 is 10.6 Å². The van der Waals surface area contributed by atoms with Crippen LogP contribution in [0.5, 0.6) is 0 Å². The van der Waals surface area contributed by atoms with Crippen molar-refractivity contribution in [2.75, 3.05) is 24.7 Å². The van der Waals surface area contributed by atoms with Gasteiger partial charge in [0.15, 0.2) is 0 Å². The number of amides is 1. The lowest BCUT2D eigenvalue weighted by molar-refractivity contribution is -0.384. The summed E-state index contributed by atoms with van der Waals surface area (Å²) in [5.41, 5.74) is 0.215. The van der Waals surface area contributed by atoms with Crippen molar-refractivity contribution in [3.63, 3.8) is 0 Å². The number of carbonyl (C=O) groups is 1. The summed E-state index contributed by atoms with van der Waals surface area (Å²) in [6, 6.07) is 2.68. The van der Waals surface area contributed by atoms with Crippen LogP contribution in [0.25, 0.3) is 0 Å². The third-order valence-electron chi connectivity index (χ3n) is 2.83. The predicted molar refractivity (Wildman–Crippen MR) is 87.6 cm³/mol. The zero-order valence-electron chi connectivity index (χ0n) is 12.1. The number of nitro groups is 1. The number of halogens is 1. The van der Waals surface area contributed by atoms with Crippen molar-refractivity contribution in [2.24, 2.45) is 0 Å². The zero-order valence-corrected chi connectivity index (χ0v) is 13.7. The van der Waals surface area contributed by atoms with Crippen LogP contribution in [0, 0.1) is 10.1 Å². The molecule has 116 valence electrons. The van der Waals surface area contributed by atoms with Crippen LogP contribution in [-0.2, 0) is 0 Å². The molecule has 0 bridgehead atoms. The van der Waals surface area contributed by atoms with E-state index in [0.29, 0.717) is 13.1 Å². The normalized spacial score (nSPS) is 11.8. The fourth-order valence-corrected chi connectivity index (χ4v) is 2.17. The summed E-state index contributed by atoms with van der Waals surface area (Å²) in [6.07, 6.45) is 1.95. The first kappa shape index (κ1) is 17.6. The first-order valence-corrected chi connectivity index (χ1v) is 8.10. The first-order valence-electron chi connectivity index (χ1n) is 6.43. The summed E-state index contributed by atoms with van der Waals surface area (Å²) in [4.78, 5) is 22.6. The number of benzene rings is 1. The SMILES string of the molecule is CCNc1c(Cl)cc(C(=O)NCC(C)SC)cc1[N+](=O)[O-]. The molecule has 0 fully saturated rings. The van der Waals surface area contributed by atoms with Gasteiger partial charge in [0.25, 0.3) is 11.6 Å². The number of hydrogen-bond donors (Lipinski definition) is 2. The number of nitro benzene ring substituents is 1. The van der Waals surface area contributed by atoms with Gasteiger partial charge in [-0.15, -0.1) is 0 Å². The monoisotopic (exact) mass is 331 g/mol. The molecule has 1 unspecified atom stereocenters. The van der Waals surface area contributed by atoms with Crippen molar-refractivity contribution in [1.29, 1.82) is 0 Å². The Morgan fingerprint density at radius 2 is 2.19 bits per heavy atom. The second-order valence-corrected chi connectivity index (χ2v) is 6.08. The van der Waals surface area contributed by atoms with E-state index in [4.69, 9.17) is 11.6 Å². The van der Waals surface area contributed by atoms with E-state index >= 15 is 0 Å². The molecule has 0 radical (unpaired) electrons. The van der Waals surface area contributed by atoms with Gasteiger partial charge >= 0.3 is 0 Å². The van der Waals surface area contributed by atoms with Gasteiger partial charge in [-0.1, -0.05) is 18.5 Å². The van der Waals surface area contributed by atoms with Crippen molar-refractivity contribution in [1.82, 2.24) is 5.32 Å². The highest BCUT2D eigenvalue weighted by Gasteiger charge is 2.21. The molecule has 0 saturated heterocycles. The molecule has 0 aliphatic heterocycles. The summed E-state index contributed by atoms with van der Waals surface area (Å²) in [5, 5.41) is 17.1. The van der Waals surface area contributed by atoms with Gasteiger partial charge in [-0.3, -0.25) is 14.9 Å². The second-order valence-electron chi connectivity index (χ2n) is 4.40. The molecule has 0 aliphatic rings. The molecule has 1 aromatic carbocycles. The van der Waals surface area contributed by atoms with E-state index < -0.39 is 4.92 Å². The molecule has 21 heavy (non-hydrogen) atoms. The van der Waals surface area contributed by atoms with Crippen molar-refractivity contribution in [3.05, 3.63) is 32.8 Å². The summed E-state index contributed by atoms with van der Waals surface area (Å²) in [6.45, 7) is 4.77. The average molecular weight is 332 g/mol.